The normalized spacial score (nSPS) is 19.7. The highest BCUT2D eigenvalue weighted by Crippen LogP contribution is 2.20. The van der Waals surface area contributed by atoms with Crippen molar-refractivity contribution in [2.75, 3.05) is 20.2 Å². The molecule has 98 valence electrons. The van der Waals surface area contributed by atoms with E-state index in [2.05, 4.69) is 4.98 Å². The lowest BCUT2D eigenvalue weighted by atomic mass is 9.98. The van der Waals surface area contributed by atoms with Gasteiger partial charge in [0.2, 0.25) is 5.76 Å². The summed E-state index contributed by atoms with van der Waals surface area (Å²) in [6.45, 7) is 2.73. The molecule has 2 rings (SSSR count). The van der Waals surface area contributed by atoms with E-state index in [4.69, 9.17) is 9.15 Å². The molecule has 0 aromatic carbocycles. The smallest absolute Gasteiger partial charge is 0.310 e. The second-order valence-corrected chi connectivity index (χ2v) is 4.38. The Bertz CT molecular complexity index is 455. The van der Waals surface area contributed by atoms with E-state index in [0.717, 1.165) is 12.8 Å². The lowest BCUT2D eigenvalue weighted by Gasteiger charge is -2.30. The molecule has 0 bridgehead atoms. The average molecular weight is 252 g/mol. The highest BCUT2D eigenvalue weighted by Gasteiger charge is 2.31. The van der Waals surface area contributed by atoms with Crippen LogP contribution in [0.3, 0.4) is 0 Å². The molecule has 0 spiro atoms. The van der Waals surface area contributed by atoms with Crippen LogP contribution in [0.5, 0.6) is 0 Å². The van der Waals surface area contributed by atoms with Crippen molar-refractivity contribution in [2.45, 2.75) is 19.8 Å². The first-order valence-corrected chi connectivity index (χ1v) is 5.90. The molecule has 0 saturated carbocycles. The molecule has 1 aromatic heterocycles. The van der Waals surface area contributed by atoms with Crippen LogP contribution in [0.2, 0.25) is 0 Å². The van der Waals surface area contributed by atoms with Gasteiger partial charge in [-0.15, -0.1) is 0 Å². The number of aromatic nitrogens is 1. The Labute approximate surface area is 105 Å². The molecule has 1 atom stereocenters. The predicted molar refractivity (Wildman–Crippen MR) is 61.9 cm³/mol. The quantitative estimate of drug-likeness (QED) is 0.734. The lowest BCUT2D eigenvalue weighted by molar-refractivity contribution is -0.146. The average Bonchev–Trinajstić information content (AvgIpc) is 2.83. The van der Waals surface area contributed by atoms with Gasteiger partial charge in [0.05, 0.1) is 18.7 Å². The molecule has 1 aliphatic rings. The number of aryl methyl sites for hydroxylation is 1. The molecule has 18 heavy (non-hydrogen) atoms. The minimum atomic E-state index is -0.262. The number of methoxy groups -OCH3 is 1. The minimum Gasteiger partial charge on any atom is -0.469 e. The van der Waals surface area contributed by atoms with Crippen LogP contribution in [0.15, 0.2) is 10.8 Å². The van der Waals surface area contributed by atoms with Gasteiger partial charge >= 0.3 is 5.97 Å². The molecule has 0 N–H and O–H groups in total. The number of carbonyl (C=O) groups is 2. The molecule has 1 amide bonds. The molecule has 1 unspecified atom stereocenters. The lowest BCUT2D eigenvalue weighted by Crippen LogP contribution is -2.42. The fraction of sp³-hybridized carbons (Fsp3) is 0.583. The highest BCUT2D eigenvalue weighted by molar-refractivity contribution is 5.92. The number of amides is 1. The molecule has 1 saturated heterocycles. The Morgan fingerprint density at radius 3 is 2.94 bits per heavy atom. The van der Waals surface area contributed by atoms with E-state index in [0.29, 0.717) is 18.8 Å². The Morgan fingerprint density at radius 2 is 2.33 bits per heavy atom. The maximum absolute atomic E-state index is 12.2. The zero-order valence-corrected chi connectivity index (χ0v) is 10.5. The van der Waals surface area contributed by atoms with E-state index in [9.17, 15) is 9.59 Å². The van der Waals surface area contributed by atoms with Crippen molar-refractivity contribution in [1.82, 2.24) is 9.88 Å². The van der Waals surface area contributed by atoms with Crippen LogP contribution in [-0.2, 0) is 9.53 Å². The van der Waals surface area contributed by atoms with Gasteiger partial charge in [-0.25, -0.2) is 4.98 Å². The second-order valence-electron chi connectivity index (χ2n) is 4.38. The van der Waals surface area contributed by atoms with Crippen molar-refractivity contribution in [3.63, 3.8) is 0 Å². The largest absolute Gasteiger partial charge is 0.469 e. The summed E-state index contributed by atoms with van der Waals surface area (Å²) in [4.78, 5) is 29.2. The number of nitrogens with zero attached hydrogens (tertiary/aromatic N) is 2. The van der Waals surface area contributed by atoms with Crippen LogP contribution in [0, 0.1) is 12.8 Å². The van der Waals surface area contributed by atoms with Crippen molar-refractivity contribution in [3.8, 4) is 0 Å². The molecule has 0 aliphatic carbocycles. The maximum Gasteiger partial charge on any atom is 0.310 e. The first kappa shape index (κ1) is 12.6. The summed E-state index contributed by atoms with van der Waals surface area (Å²) >= 11 is 0. The molecule has 2 heterocycles. The summed E-state index contributed by atoms with van der Waals surface area (Å²) in [6.07, 6.45) is 2.80. The number of ether oxygens (including phenoxy) is 1. The molecule has 0 radical (unpaired) electrons. The van der Waals surface area contributed by atoms with Crippen LogP contribution >= 0.6 is 0 Å². The van der Waals surface area contributed by atoms with E-state index in [-0.39, 0.29) is 23.6 Å². The number of likely N-dealkylation sites (tertiary alicyclic amines) is 1. The molecule has 1 fully saturated rings. The highest BCUT2D eigenvalue weighted by atomic mass is 16.5. The first-order chi connectivity index (χ1) is 8.63. The summed E-state index contributed by atoms with van der Waals surface area (Å²) < 4.78 is 9.80. The number of carbonyl (C=O) groups excluding carboxylic acids is 2. The summed E-state index contributed by atoms with van der Waals surface area (Å²) in [5.74, 6) is -0.461. The number of esters is 1. The predicted octanol–water partition coefficient (Wildman–Crippen LogP) is 1.01. The fourth-order valence-electron chi connectivity index (χ4n) is 2.17. The summed E-state index contributed by atoms with van der Waals surface area (Å²) in [7, 11) is 1.36. The van der Waals surface area contributed by atoms with Gasteiger partial charge in [-0.2, -0.15) is 0 Å². The Morgan fingerprint density at radius 1 is 1.56 bits per heavy atom. The van der Waals surface area contributed by atoms with Crippen LogP contribution in [-0.4, -0.2) is 42.0 Å². The summed E-state index contributed by atoms with van der Waals surface area (Å²) in [5.41, 5.74) is 0.570. The number of piperidine rings is 1. The van der Waals surface area contributed by atoms with Gasteiger partial charge in [0.15, 0.2) is 6.39 Å². The summed E-state index contributed by atoms with van der Waals surface area (Å²) in [5, 5.41) is 0. The van der Waals surface area contributed by atoms with Crippen LogP contribution in [0.4, 0.5) is 0 Å². The molecular formula is C12H16N2O4. The Balaban J connectivity index is 2.07. The monoisotopic (exact) mass is 252 g/mol. The molecule has 1 aromatic rings. The van der Waals surface area contributed by atoms with Crippen molar-refractivity contribution >= 4 is 11.9 Å². The van der Waals surface area contributed by atoms with E-state index < -0.39 is 0 Å². The van der Waals surface area contributed by atoms with Gasteiger partial charge < -0.3 is 14.1 Å². The van der Waals surface area contributed by atoms with Gasteiger partial charge in [0, 0.05) is 13.1 Å². The van der Waals surface area contributed by atoms with Gasteiger partial charge in [-0.3, -0.25) is 9.59 Å². The van der Waals surface area contributed by atoms with E-state index >= 15 is 0 Å². The maximum atomic E-state index is 12.2. The molecule has 6 heteroatoms. The molecular weight excluding hydrogens is 236 g/mol. The number of rotatable bonds is 2. The van der Waals surface area contributed by atoms with Gasteiger partial charge in [0.25, 0.3) is 5.91 Å². The summed E-state index contributed by atoms with van der Waals surface area (Å²) in [6, 6.07) is 0. The van der Waals surface area contributed by atoms with Crippen LogP contribution < -0.4 is 0 Å². The van der Waals surface area contributed by atoms with E-state index in [1.54, 1.807) is 11.8 Å². The van der Waals surface area contributed by atoms with Crippen LogP contribution in [0.25, 0.3) is 0 Å². The van der Waals surface area contributed by atoms with Gasteiger partial charge in [-0.1, -0.05) is 0 Å². The van der Waals surface area contributed by atoms with Gasteiger partial charge in [0.1, 0.15) is 0 Å². The number of oxazole rings is 1. The Kier molecular flexibility index (Phi) is 3.64. The van der Waals surface area contributed by atoms with E-state index in [1.165, 1.54) is 13.5 Å². The molecule has 1 aliphatic heterocycles. The van der Waals surface area contributed by atoms with Crippen LogP contribution in [0.1, 0.15) is 29.1 Å². The number of hydrogen-bond donors (Lipinski definition) is 0. The van der Waals surface area contributed by atoms with Crippen molar-refractivity contribution in [2.24, 2.45) is 5.92 Å². The van der Waals surface area contributed by atoms with E-state index in [1.807, 2.05) is 0 Å². The zero-order valence-electron chi connectivity index (χ0n) is 10.5. The SMILES string of the molecule is COC(=O)C1CCCN(C(=O)c2ocnc2C)C1. The third-order valence-corrected chi connectivity index (χ3v) is 3.18. The third kappa shape index (κ3) is 2.37. The third-order valence-electron chi connectivity index (χ3n) is 3.18. The topological polar surface area (TPSA) is 72.6 Å². The second kappa shape index (κ2) is 5.20. The van der Waals surface area contributed by atoms with Crippen molar-refractivity contribution in [3.05, 3.63) is 17.8 Å². The van der Waals surface area contributed by atoms with Gasteiger partial charge in [-0.05, 0) is 19.8 Å². The number of hydrogen-bond acceptors (Lipinski definition) is 5. The fourth-order valence-corrected chi connectivity index (χ4v) is 2.17. The standard InChI is InChI=1S/C12H16N2O4/c1-8-10(18-7-13-8)11(15)14-5-3-4-9(6-14)12(16)17-2/h7,9H,3-6H2,1-2H3. The van der Waals surface area contributed by atoms with Crippen molar-refractivity contribution in [1.29, 1.82) is 0 Å². The Hall–Kier alpha value is -1.85. The van der Waals surface area contributed by atoms with Crippen molar-refractivity contribution < 1.29 is 18.7 Å². The minimum absolute atomic E-state index is 0.210. The molecule has 6 nitrogen and oxygen atoms in total. The first-order valence-electron chi connectivity index (χ1n) is 5.90. The zero-order chi connectivity index (χ0) is 13.1.